The van der Waals surface area contributed by atoms with Crippen molar-refractivity contribution in [3.8, 4) is 5.75 Å². The molecule has 5 aliphatic heterocycles. The highest BCUT2D eigenvalue weighted by atomic mass is 19.4. The average Bonchev–Trinajstić information content (AvgIpc) is 3.90. The van der Waals surface area contributed by atoms with Gasteiger partial charge in [0.2, 0.25) is 5.91 Å². The zero-order chi connectivity index (χ0) is 44.2. The quantitative estimate of drug-likeness (QED) is 0.142. The van der Waals surface area contributed by atoms with E-state index < -0.39 is 23.8 Å². The lowest BCUT2D eigenvalue weighted by atomic mass is 9.95. The minimum Gasteiger partial charge on any atom is -0.486 e. The van der Waals surface area contributed by atoms with E-state index in [1.165, 1.54) is 7.05 Å². The number of piperidine rings is 2. The van der Waals surface area contributed by atoms with Crippen LogP contribution >= 0.6 is 0 Å². The van der Waals surface area contributed by atoms with Gasteiger partial charge >= 0.3 is 6.18 Å². The largest absolute Gasteiger partial charge is 0.486 e. The Balaban J connectivity index is 0.839. The maximum Gasteiger partial charge on any atom is 0.416 e. The first kappa shape index (κ1) is 42.6. The second-order valence-corrected chi connectivity index (χ2v) is 17.7. The third-order valence-corrected chi connectivity index (χ3v) is 13.4. The first-order valence-electron chi connectivity index (χ1n) is 22.0. The predicted molar refractivity (Wildman–Crippen MR) is 233 cm³/mol. The highest BCUT2D eigenvalue weighted by Crippen LogP contribution is 2.39. The zero-order valence-electron chi connectivity index (χ0n) is 35.9. The minimum absolute atomic E-state index is 0.0344. The normalized spacial score (nSPS) is 22.0. The van der Waals surface area contributed by atoms with Crippen LogP contribution in [0.3, 0.4) is 0 Å². The number of nitrogens with two attached hydrogens (primary N) is 1. The number of nitrogens with one attached hydrogen (secondary N) is 1. The van der Waals surface area contributed by atoms with Gasteiger partial charge in [0.05, 0.1) is 36.0 Å². The zero-order valence-corrected chi connectivity index (χ0v) is 35.9. The summed E-state index contributed by atoms with van der Waals surface area (Å²) in [5.74, 6) is 1.60. The number of benzene rings is 3. The smallest absolute Gasteiger partial charge is 0.416 e. The summed E-state index contributed by atoms with van der Waals surface area (Å²) in [6, 6.07) is 12.4. The van der Waals surface area contributed by atoms with E-state index in [1.54, 1.807) is 24.8 Å². The third kappa shape index (κ3) is 8.81. The molecule has 1 aromatic heterocycles. The van der Waals surface area contributed by atoms with E-state index in [-0.39, 0.29) is 35.9 Å². The molecule has 63 heavy (non-hydrogen) atoms. The molecule has 9 rings (SSSR count). The summed E-state index contributed by atoms with van der Waals surface area (Å²) in [6.07, 6.45) is -1.14. The molecule has 6 heterocycles. The number of piperazine rings is 1. The van der Waals surface area contributed by atoms with Gasteiger partial charge in [0.15, 0.2) is 0 Å². The number of alkyl halides is 3. The number of likely N-dealkylation sites (tertiary alicyclic amines) is 1. The maximum absolute atomic E-state index is 13.7. The van der Waals surface area contributed by atoms with Crippen molar-refractivity contribution in [2.24, 2.45) is 5.92 Å². The number of hydrogen-bond donors (Lipinski definition) is 2. The Hall–Kier alpha value is -5.68. The molecule has 0 aliphatic carbocycles. The summed E-state index contributed by atoms with van der Waals surface area (Å²) in [4.78, 5) is 57.8. The van der Waals surface area contributed by atoms with Gasteiger partial charge in [0.25, 0.3) is 11.8 Å². The number of halogens is 3. The van der Waals surface area contributed by atoms with E-state index in [4.69, 9.17) is 25.2 Å². The van der Waals surface area contributed by atoms with Gasteiger partial charge in [-0.15, -0.1) is 0 Å². The predicted octanol–water partition coefficient (Wildman–Crippen LogP) is 6.02. The molecule has 2 unspecified atom stereocenters. The lowest BCUT2D eigenvalue weighted by Gasteiger charge is -2.40. The van der Waals surface area contributed by atoms with Gasteiger partial charge in [-0.25, -0.2) is 9.97 Å². The number of likely N-dealkylation sites (N-methyl/N-ethyl adjacent to an activating group) is 1. The van der Waals surface area contributed by atoms with Gasteiger partial charge in [-0.3, -0.25) is 24.2 Å². The van der Waals surface area contributed by atoms with Gasteiger partial charge in [0.1, 0.15) is 29.5 Å². The Labute approximate surface area is 364 Å². The Morgan fingerprint density at radius 1 is 0.937 bits per heavy atom. The van der Waals surface area contributed by atoms with Crippen molar-refractivity contribution in [2.45, 2.75) is 76.9 Å². The molecule has 334 valence electrons. The van der Waals surface area contributed by atoms with Crippen molar-refractivity contribution in [3.63, 3.8) is 0 Å². The fraction of sp³-hybridized carbons (Fsp3) is 0.500. The molecule has 3 atom stereocenters. The first-order chi connectivity index (χ1) is 30.2. The van der Waals surface area contributed by atoms with Crippen LogP contribution in [0.2, 0.25) is 0 Å². The molecule has 3 amide bonds. The molecule has 0 bridgehead atoms. The van der Waals surface area contributed by atoms with E-state index in [2.05, 4.69) is 26.1 Å². The Morgan fingerprint density at radius 3 is 2.44 bits per heavy atom. The van der Waals surface area contributed by atoms with Gasteiger partial charge in [0, 0.05) is 94.6 Å². The molecule has 4 aromatic rings. The van der Waals surface area contributed by atoms with Crippen LogP contribution in [0.15, 0.2) is 48.5 Å². The van der Waals surface area contributed by atoms with Gasteiger partial charge < -0.3 is 35.2 Å². The summed E-state index contributed by atoms with van der Waals surface area (Å²) < 4.78 is 53.2. The number of rotatable bonds is 10. The van der Waals surface area contributed by atoms with Crippen molar-refractivity contribution in [1.82, 2.24) is 24.7 Å². The standard InChI is InChI=1S/C46H54F3N9O5/c1-27(30-18-32(46(47,48)49)21-33(50)19-30)51-43-37-22-41(63-35-10-17-62-26-35)40(23-38(37)52-28(2)53-43)57-15-13-55(14-16-57)24-29-8-11-56(12-9-29)34-4-5-36-31(20-34)25-58(44(36)60)39-6-7-42(59)54(3)45(39)61/h4-5,18-23,27,29,35,39H,6-17,24-26,50H2,1-3H3,(H,51,52,53)/t27?,35-,39?/m0/s1. The summed E-state index contributed by atoms with van der Waals surface area (Å²) in [7, 11) is 1.49. The Morgan fingerprint density at radius 2 is 1.71 bits per heavy atom. The number of aromatic nitrogens is 2. The molecule has 4 saturated heterocycles. The average molecular weight is 870 g/mol. The molecule has 0 spiro atoms. The van der Waals surface area contributed by atoms with Crippen LogP contribution in [0.25, 0.3) is 10.9 Å². The van der Waals surface area contributed by atoms with Crippen molar-refractivity contribution >= 4 is 51.5 Å². The number of amides is 3. The first-order valence-corrected chi connectivity index (χ1v) is 22.0. The number of aryl methyl sites for hydroxylation is 1. The molecule has 3 N–H and O–H groups in total. The number of anilines is 4. The monoisotopic (exact) mass is 869 g/mol. The van der Waals surface area contributed by atoms with Gasteiger partial charge in [-0.1, -0.05) is 0 Å². The van der Waals surface area contributed by atoms with Crippen LogP contribution in [0.5, 0.6) is 5.75 Å². The summed E-state index contributed by atoms with van der Waals surface area (Å²) in [5.41, 5.74) is 9.82. The fourth-order valence-corrected chi connectivity index (χ4v) is 9.75. The Kier molecular flexibility index (Phi) is 11.6. The minimum atomic E-state index is -4.53. The van der Waals surface area contributed by atoms with E-state index in [0.29, 0.717) is 71.5 Å². The molecule has 14 nitrogen and oxygen atoms in total. The molecular formula is C46H54F3N9O5. The van der Waals surface area contributed by atoms with E-state index in [1.807, 2.05) is 24.3 Å². The molecule has 4 fully saturated rings. The number of hydrogen-bond acceptors (Lipinski definition) is 12. The van der Waals surface area contributed by atoms with Crippen molar-refractivity contribution < 1.29 is 37.0 Å². The summed E-state index contributed by atoms with van der Waals surface area (Å²) in [5, 5.41) is 4.04. The number of ether oxygens (including phenoxy) is 2. The van der Waals surface area contributed by atoms with E-state index >= 15 is 0 Å². The number of carbonyl (C=O) groups is 3. The van der Waals surface area contributed by atoms with Crippen LogP contribution in [0.1, 0.15) is 77.9 Å². The summed E-state index contributed by atoms with van der Waals surface area (Å²) in [6.45, 7) is 11.3. The van der Waals surface area contributed by atoms with E-state index in [9.17, 15) is 27.6 Å². The van der Waals surface area contributed by atoms with Crippen molar-refractivity contribution in [1.29, 1.82) is 0 Å². The van der Waals surface area contributed by atoms with Crippen LogP contribution in [-0.4, -0.2) is 121 Å². The van der Waals surface area contributed by atoms with Crippen LogP contribution in [-0.2, 0) is 27.0 Å². The maximum atomic E-state index is 13.7. The molecule has 17 heteroatoms. The topological polar surface area (TPSA) is 150 Å². The lowest BCUT2D eigenvalue weighted by Crippen LogP contribution is -2.53. The van der Waals surface area contributed by atoms with Crippen molar-refractivity contribution in [2.75, 3.05) is 86.9 Å². The van der Waals surface area contributed by atoms with Gasteiger partial charge in [-0.2, -0.15) is 13.2 Å². The van der Waals surface area contributed by atoms with Crippen LogP contribution in [0.4, 0.5) is 36.1 Å². The van der Waals surface area contributed by atoms with Crippen LogP contribution in [0, 0.1) is 12.8 Å². The SMILES string of the molecule is Cc1nc(NC(C)c2cc(N)cc(C(F)(F)F)c2)c2cc(O[C@H]3CCOC3)c(N3CCN(CC4CCN(c5ccc6c(c5)CN(C5CCC(=O)N(C)C5=O)C6=O)CC4)CC3)cc2n1. The fourth-order valence-electron chi connectivity index (χ4n) is 9.75. The lowest BCUT2D eigenvalue weighted by molar-refractivity contribution is -0.150. The number of fused-ring (bicyclic) bond motifs is 2. The molecule has 5 aliphatic rings. The highest BCUT2D eigenvalue weighted by molar-refractivity contribution is 6.05. The molecule has 0 saturated carbocycles. The number of imide groups is 1. The second kappa shape index (κ2) is 17.1. The molecular weight excluding hydrogens is 816 g/mol. The number of carbonyl (C=O) groups excluding carboxylic acids is 3. The van der Waals surface area contributed by atoms with Gasteiger partial charge in [-0.05, 0) is 98.7 Å². The molecule has 0 radical (unpaired) electrons. The Bertz CT molecular complexity index is 2410. The van der Waals surface area contributed by atoms with Crippen molar-refractivity contribution in [3.05, 3.63) is 76.6 Å². The number of nitrogens with zero attached hydrogens (tertiary/aromatic N) is 7. The number of nitrogen functional groups attached to an aromatic ring is 1. The van der Waals surface area contributed by atoms with Crippen LogP contribution < -0.4 is 25.6 Å². The molecule has 3 aromatic carbocycles. The second-order valence-electron chi connectivity index (χ2n) is 17.7. The van der Waals surface area contributed by atoms with E-state index in [0.717, 1.165) is 99.0 Å². The summed E-state index contributed by atoms with van der Waals surface area (Å²) >= 11 is 0. The highest BCUT2D eigenvalue weighted by Gasteiger charge is 2.42. The third-order valence-electron chi connectivity index (χ3n) is 13.4.